The maximum absolute atomic E-state index is 5.74. The van der Waals surface area contributed by atoms with Crippen LogP contribution in [-0.2, 0) is 11.3 Å². The average Bonchev–Trinajstić information content (AvgIpc) is 2.35. The van der Waals surface area contributed by atoms with Crippen LogP contribution >= 0.6 is 31.9 Å². The minimum Gasteiger partial charge on any atom is -0.494 e. The third-order valence-electron chi connectivity index (χ3n) is 3.55. The number of halogens is 2. The first-order chi connectivity index (χ1) is 9.41. The van der Waals surface area contributed by atoms with E-state index in [0.29, 0.717) is 6.04 Å². The van der Waals surface area contributed by atoms with Crippen molar-refractivity contribution in [2.45, 2.75) is 44.9 Å². The average molecular weight is 407 g/mol. The van der Waals surface area contributed by atoms with Crippen LogP contribution in [0.2, 0.25) is 0 Å². The van der Waals surface area contributed by atoms with Gasteiger partial charge in [0.1, 0.15) is 5.75 Å². The fourth-order valence-electron chi connectivity index (χ4n) is 2.58. The van der Waals surface area contributed by atoms with Gasteiger partial charge < -0.3 is 14.8 Å². The molecule has 3 nitrogen and oxygen atoms in total. The molecule has 1 aromatic rings. The lowest BCUT2D eigenvalue weighted by atomic mass is 9.94. The molecule has 0 radical (unpaired) electrons. The van der Waals surface area contributed by atoms with Gasteiger partial charge in [-0.2, -0.15) is 0 Å². The molecule has 112 valence electrons. The molecule has 1 N–H and O–H groups in total. The van der Waals surface area contributed by atoms with Gasteiger partial charge in [-0.05, 0) is 76.2 Å². The molecule has 20 heavy (non-hydrogen) atoms. The summed E-state index contributed by atoms with van der Waals surface area (Å²) in [7, 11) is 1.67. The highest BCUT2D eigenvalue weighted by atomic mass is 79.9. The molecule has 0 bridgehead atoms. The monoisotopic (exact) mass is 405 g/mol. The standard InChI is InChI=1S/C15H21Br2NO2/c1-15(2)8-11(4-5-20-15)18-9-10-6-12(16)14(19-3)13(17)7-10/h6-7,11,18H,4-5,8-9H2,1-3H3. The largest absolute Gasteiger partial charge is 0.494 e. The molecule has 1 saturated heterocycles. The van der Waals surface area contributed by atoms with Gasteiger partial charge in [0.15, 0.2) is 0 Å². The van der Waals surface area contributed by atoms with Crippen molar-refractivity contribution in [3.05, 3.63) is 26.6 Å². The van der Waals surface area contributed by atoms with E-state index in [1.54, 1.807) is 7.11 Å². The van der Waals surface area contributed by atoms with E-state index in [1.807, 2.05) is 0 Å². The molecule has 1 aliphatic heterocycles. The molecule has 0 aromatic heterocycles. The molecule has 0 amide bonds. The number of hydrogen-bond acceptors (Lipinski definition) is 3. The molecule has 0 saturated carbocycles. The highest BCUT2D eigenvalue weighted by Gasteiger charge is 2.28. The quantitative estimate of drug-likeness (QED) is 0.809. The third kappa shape index (κ3) is 4.20. The summed E-state index contributed by atoms with van der Waals surface area (Å²) in [6, 6.07) is 4.71. The van der Waals surface area contributed by atoms with Crippen LogP contribution < -0.4 is 10.1 Å². The number of methoxy groups -OCH3 is 1. The van der Waals surface area contributed by atoms with Crippen molar-refractivity contribution in [3.63, 3.8) is 0 Å². The molecule has 1 atom stereocenters. The van der Waals surface area contributed by atoms with Crippen LogP contribution in [0.4, 0.5) is 0 Å². The first-order valence-corrected chi connectivity index (χ1v) is 8.39. The minimum absolute atomic E-state index is 0.0169. The van der Waals surface area contributed by atoms with Gasteiger partial charge in [0.05, 0.1) is 21.7 Å². The summed E-state index contributed by atoms with van der Waals surface area (Å²) in [6.07, 6.45) is 2.12. The molecule has 1 heterocycles. The van der Waals surface area contributed by atoms with Crippen LogP contribution in [-0.4, -0.2) is 25.4 Å². The van der Waals surface area contributed by atoms with Gasteiger partial charge in [-0.15, -0.1) is 0 Å². The van der Waals surface area contributed by atoms with Gasteiger partial charge in [0.25, 0.3) is 0 Å². The molecular weight excluding hydrogens is 386 g/mol. The number of ether oxygens (including phenoxy) is 2. The fourth-order valence-corrected chi connectivity index (χ4v) is 4.18. The van der Waals surface area contributed by atoms with Gasteiger partial charge in [-0.3, -0.25) is 0 Å². The van der Waals surface area contributed by atoms with Crippen molar-refractivity contribution in [2.75, 3.05) is 13.7 Å². The van der Waals surface area contributed by atoms with Crippen LogP contribution in [0.3, 0.4) is 0 Å². The maximum Gasteiger partial charge on any atom is 0.147 e. The Balaban J connectivity index is 1.97. The van der Waals surface area contributed by atoms with Crippen LogP contribution in [0.25, 0.3) is 0 Å². The van der Waals surface area contributed by atoms with Gasteiger partial charge in [-0.25, -0.2) is 0 Å². The van der Waals surface area contributed by atoms with E-state index in [-0.39, 0.29) is 5.60 Å². The van der Waals surface area contributed by atoms with E-state index in [9.17, 15) is 0 Å². The Kier molecular flexibility index (Phi) is 5.51. The second-order valence-electron chi connectivity index (χ2n) is 5.77. The highest BCUT2D eigenvalue weighted by Crippen LogP contribution is 2.34. The fraction of sp³-hybridized carbons (Fsp3) is 0.600. The first kappa shape index (κ1) is 16.3. The third-order valence-corrected chi connectivity index (χ3v) is 4.73. The summed E-state index contributed by atoms with van der Waals surface area (Å²) in [5, 5.41) is 3.62. The normalized spacial score (nSPS) is 21.8. The molecule has 1 aromatic carbocycles. The summed E-state index contributed by atoms with van der Waals surface area (Å²) in [4.78, 5) is 0. The molecular formula is C15H21Br2NO2. The van der Waals surface area contributed by atoms with E-state index >= 15 is 0 Å². The summed E-state index contributed by atoms with van der Waals surface area (Å²) in [5.74, 6) is 0.834. The minimum atomic E-state index is -0.0169. The molecule has 0 aliphatic carbocycles. The Morgan fingerprint density at radius 1 is 1.35 bits per heavy atom. The Bertz CT molecular complexity index is 454. The van der Waals surface area contributed by atoms with Gasteiger partial charge >= 0.3 is 0 Å². The van der Waals surface area contributed by atoms with Crippen LogP contribution in [0.1, 0.15) is 32.3 Å². The predicted molar refractivity (Wildman–Crippen MR) is 88.3 cm³/mol. The van der Waals surface area contributed by atoms with E-state index in [0.717, 1.165) is 40.7 Å². The van der Waals surface area contributed by atoms with Crippen LogP contribution in [0, 0.1) is 0 Å². The molecule has 5 heteroatoms. The molecule has 2 rings (SSSR count). The Labute approximate surface area is 137 Å². The van der Waals surface area contributed by atoms with E-state index < -0.39 is 0 Å². The Morgan fingerprint density at radius 3 is 2.55 bits per heavy atom. The number of nitrogens with one attached hydrogen (secondary N) is 1. The van der Waals surface area contributed by atoms with E-state index in [4.69, 9.17) is 9.47 Å². The zero-order valence-corrected chi connectivity index (χ0v) is 15.3. The van der Waals surface area contributed by atoms with Gasteiger partial charge in [0, 0.05) is 19.2 Å². The molecule has 1 unspecified atom stereocenters. The molecule has 0 spiro atoms. The number of rotatable bonds is 4. The summed E-state index contributed by atoms with van der Waals surface area (Å²) < 4.78 is 13.0. The van der Waals surface area contributed by atoms with Crippen molar-refractivity contribution in [3.8, 4) is 5.75 Å². The van der Waals surface area contributed by atoms with Crippen LogP contribution in [0.15, 0.2) is 21.1 Å². The first-order valence-electron chi connectivity index (χ1n) is 6.80. The van der Waals surface area contributed by atoms with Crippen LogP contribution in [0.5, 0.6) is 5.75 Å². The number of benzene rings is 1. The lowest BCUT2D eigenvalue weighted by Crippen LogP contribution is -2.43. The van der Waals surface area contributed by atoms with Gasteiger partial charge in [0.2, 0.25) is 0 Å². The van der Waals surface area contributed by atoms with E-state index in [1.165, 1.54) is 5.56 Å². The molecule has 1 fully saturated rings. The van der Waals surface area contributed by atoms with Crippen molar-refractivity contribution in [2.24, 2.45) is 0 Å². The zero-order chi connectivity index (χ0) is 14.8. The Morgan fingerprint density at radius 2 is 2.00 bits per heavy atom. The summed E-state index contributed by atoms with van der Waals surface area (Å²) in [6.45, 7) is 5.99. The highest BCUT2D eigenvalue weighted by molar-refractivity contribution is 9.11. The van der Waals surface area contributed by atoms with Crippen molar-refractivity contribution >= 4 is 31.9 Å². The van der Waals surface area contributed by atoms with E-state index in [2.05, 4.69) is 63.2 Å². The Hall–Kier alpha value is -0.100. The topological polar surface area (TPSA) is 30.5 Å². The SMILES string of the molecule is COc1c(Br)cc(CNC2CCOC(C)(C)C2)cc1Br. The summed E-state index contributed by atoms with van der Waals surface area (Å²) >= 11 is 7.08. The maximum atomic E-state index is 5.74. The van der Waals surface area contributed by atoms with Gasteiger partial charge in [-0.1, -0.05) is 0 Å². The van der Waals surface area contributed by atoms with Crippen molar-refractivity contribution in [1.82, 2.24) is 5.32 Å². The second-order valence-corrected chi connectivity index (χ2v) is 7.48. The second kappa shape index (κ2) is 6.77. The van der Waals surface area contributed by atoms with Crippen molar-refractivity contribution in [1.29, 1.82) is 0 Å². The number of hydrogen-bond donors (Lipinski definition) is 1. The van der Waals surface area contributed by atoms with Crippen molar-refractivity contribution < 1.29 is 9.47 Å². The smallest absolute Gasteiger partial charge is 0.147 e. The molecule has 1 aliphatic rings. The summed E-state index contributed by atoms with van der Waals surface area (Å²) in [5.41, 5.74) is 1.21. The zero-order valence-electron chi connectivity index (χ0n) is 12.1. The lowest BCUT2D eigenvalue weighted by molar-refractivity contribution is -0.0630. The predicted octanol–water partition coefficient (Wildman–Crippen LogP) is 4.27. The lowest BCUT2D eigenvalue weighted by Gasteiger charge is -2.36.